The summed E-state index contributed by atoms with van der Waals surface area (Å²) in [6.45, 7) is 0.271. The number of likely N-dealkylation sites (N-methyl/N-ethyl adjacent to an activating group) is 1. The Kier molecular flexibility index (Phi) is 4.42. The molecule has 0 bridgehead atoms. The summed E-state index contributed by atoms with van der Waals surface area (Å²) in [6, 6.07) is 6.77. The fourth-order valence-corrected chi connectivity index (χ4v) is 1.53. The molecule has 0 amide bonds. The van der Waals surface area contributed by atoms with Gasteiger partial charge in [0.25, 0.3) is 0 Å². The van der Waals surface area contributed by atoms with Gasteiger partial charge in [-0.25, -0.2) is 0 Å². The van der Waals surface area contributed by atoms with Crippen LogP contribution in [-0.2, 0) is 0 Å². The van der Waals surface area contributed by atoms with Crippen molar-refractivity contribution in [1.82, 2.24) is 5.32 Å². The molecular formula is C11H17N3O2. The van der Waals surface area contributed by atoms with Crippen molar-refractivity contribution >= 4 is 5.84 Å². The molecule has 88 valence electrons. The summed E-state index contributed by atoms with van der Waals surface area (Å²) in [5, 5.41) is 29.7. The number of benzene rings is 1. The normalized spacial score (nSPS) is 14.4. The molecule has 6 N–H and O–H groups in total. The molecule has 0 aliphatic rings. The van der Waals surface area contributed by atoms with Crippen LogP contribution in [0.25, 0.3) is 0 Å². The van der Waals surface area contributed by atoms with Crippen LogP contribution in [0, 0.1) is 5.41 Å². The highest BCUT2D eigenvalue weighted by atomic mass is 16.3. The third-order valence-corrected chi connectivity index (χ3v) is 2.35. The van der Waals surface area contributed by atoms with Crippen LogP contribution in [-0.4, -0.2) is 35.7 Å². The van der Waals surface area contributed by atoms with Crippen LogP contribution in [0.2, 0.25) is 0 Å². The summed E-state index contributed by atoms with van der Waals surface area (Å²) >= 11 is 0. The number of nitrogen functional groups attached to an aromatic ring is 1. The van der Waals surface area contributed by atoms with Crippen LogP contribution < -0.4 is 11.1 Å². The maximum atomic E-state index is 9.91. The van der Waals surface area contributed by atoms with Crippen molar-refractivity contribution in [1.29, 1.82) is 5.41 Å². The van der Waals surface area contributed by atoms with Gasteiger partial charge in [-0.15, -0.1) is 0 Å². The van der Waals surface area contributed by atoms with Gasteiger partial charge in [0.15, 0.2) is 0 Å². The number of nitrogens with two attached hydrogens (primary N) is 1. The molecule has 0 aromatic heterocycles. The fourth-order valence-electron chi connectivity index (χ4n) is 1.53. The molecule has 1 rings (SSSR count). The molecule has 0 saturated carbocycles. The number of aliphatic hydroxyl groups excluding tert-OH is 2. The van der Waals surface area contributed by atoms with Gasteiger partial charge in [0.1, 0.15) is 11.9 Å². The van der Waals surface area contributed by atoms with Crippen molar-refractivity contribution < 1.29 is 10.2 Å². The van der Waals surface area contributed by atoms with E-state index in [0.717, 1.165) is 0 Å². The average Bonchev–Trinajstić information content (AvgIpc) is 2.28. The first-order chi connectivity index (χ1) is 7.57. The maximum Gasteiger partial charge on any atom is 0.123 e. The second kappa shape index (κ2) is 5.60. The molecule has 0 fully saturated rings. The Morgan fingerprint density at radius 1 is 1.44 bits per heavy atom. The van der Waals surface area contributed by atoms with Crippen molar-refractivity contribution in [3.05, 3.63) is 35.4 Å². The SMILES string of the molecule is CNCC(O)C(O)c1ccccc1C(=N)N. The van der Waals surface area contributed by atoms with Crippen molar-refractivity contribution in [2.45, 2.75) is 12.2 Å². The average molecular weight is 223 g/mol. The lowest BCUT2D eigenvalue weighted by Gasteiger charge is -2.20. The smallest absolute Gasteiger partial charge is 0.123 e. The maximum absolute atomic E-state index is 9.91. The monoisotopic (exact) mass is 223 g/mol. The number of nitrogens with one attached hydrogen (secondary N) is 2. The third kappa shape index (κ3) is 2.79. The zero-order chi connectivity index (χ0) is 12.1. The molecule has 1 aromatic carbocycles. The van der Waals surface area contributed by atoms with Crippen LogP contribution in [0.5, 0.6) is 0 Å². The standard InChI is InChI=1S/C11H17N3O2/c1-14-6-9(15)10(16)7-4-2-3-5-8(7)11(12)13/h2-5,9-10,14-16H,6H2,1H3,(H3,12,13). The second-order valence-electron chi connectivity index (χ2n) is 3.57. The molecule has 2 atom stereocenters. The minimum atomic E-state index is -1.05. The highest BCUT2D eigenvalue weighted by Gasteiger charge is 2.20. The van der Waals surface area contributed by atoms with Crippen molar-refractivity contribution in [3.8, 4) is 0 Å². The summed E-state index contributed by atoms with van der Waals surface area (Å²) in [5.41, 5.74) is 6.32. The molecule has 2 unspecified atom stereocenters. The molecule has 0 spiro atoms. The Morgan fingerprint density at radius 2 is 2.06 bits per heavy atom. The minimum Gasteiger partial charge on any atom is -0.389 e. The van der Waals surface area contributed by atoms with E-state index in [1.54, 1.807) is 31.3 Å². The van der Waals surface area contributed by atoms with Crippen molar-refractivity contribution in [2.75, 3.05) is 13.6 Å². The Labute approximate surface area is 94.4 Å². The summed E-state index contributed by atoms with van der Waals surface area (Å²) in [7, 11) is 1.69. The van der Waals surface area contributed by atoms with E-state index in [4.69, 9.17) is 11.1 Å². The third-order valence-electron chi connectivity index (χ3n) is 2.35. The molecule has 0 saturated heterocycles. The first-order valence-electron chi connectivity index (χ1n) is 5.02. The van der Waals surface area contributed by atoms with Crippen LogP contribution >= 0.6 is 0 Å². The molecule has 5 nitrogen and oxygen atoms in total. The fraction of sp³-hybridized carbons (Fsp3) is 0.364. The lowest BCUT2D eigenvalue weighted by atomic mass is 9.98. The van der Waals surface area contributed by atoms with Gasteiger partial charge in [0.2, 0.25) is 0 Å². The minimum absolute atomic E-state index is 0.119. The van der Waals surface area contributed by atoms with Crippen LogP contribution in [0.1, 0.15) is 17.2 Å². The number of rotatable bonds is 5. The topological polar surface area (TPSA) is 102 Å². The first kappa shape index (κ1) is 12.6. The van der Waals surface area contributed by atoms with Gasteiger partial charge in [-0.2, -0.15) is 0 Å². The van der Waals surface area contributed by atoms with Gasteiger partial charge < -0.3 is 21.3 Å². The number of amidine groups is 1. The van der Waals surface area contributed by atoms with E-state index in [0.29, 0.717) is 11.1 Å². The first-order valence-corrected chi connectivity index (χ1v) is 5.02. The van der Waals surface area contributed by atoms with Gasteiger partial charge >= 0.3 is 0 Å². The van der Waals surface area contributed by atoms with E-state index < -0.39 is 12.2 Å². The molecule has 0 radical (unpaired) electrons. The number of aliphatic hydroxyl groups is 2. The van der Waals surface area contributed by atoms with Gasteiger partial charge in [-0.1, -0.05) is 24.3 Å². The lowest BCUT2D eigenvalue weighted by Crippen LogP contribution is -2.31. The van der Waals surface area contributed by atoms with E-state index in [-0.39, 0.29) is 12.4 Å². The highest BCUT2D eigenvalue weighted by molar-refractivity contribution is 5.96. The quantitative estimate of drug-likeness (QED) is 0.346. The van der Waals surface area contributed by atoms with E-state index in [1.165, 1.54) is 0 Å². The molecule has 0 aliphatic carbocycles. The van der Waals surface area contributed by atoms with E-state index in [2.05, 4.69) is 5.32 Å². The Bertz CT molecular complexity index is 368. The highest BCUT2D eigenvalue weighted by Crippen LogP contribution is 2.20. The Balaban J connectivity index is 2.98. The summed E-state index contributed by atoms with van der Waals surface area (Å²) < 4.78 is 0. The predicted octanol–water partition coefficient (Wildman–Crippen LogP) is -0.416. The van der Waals surface area contributed by atoms with E-state index >= 15 is 0 Å². The molecule has 5 heteroatoms. The lowest BCUT2D eigenvalue weighted by molar-refractivity contribution is 0.0201. The Morgan fingerprint density at radius 3 is 2.62 bits per heavy atom. The van der Waals surface area contributed by atoms with Gasteiger partial charge in [0, 0.05) is 12.1 Å². The molecule has 1 aromatic rings. The number of hydrogen-bond acceptors (Lipinski definition) is 4. The second-order valence-corrected chi connectivity index (χ2v) is 3.57. The summed E-state index contributed by atoms with van der Waals surface area (Å²) in [6.07, 6.45) is -1.97. The van der Waals surface area contributed by atoms with Crippen molar-refractivity contribution in [2.24, 2.45) is 5.73 Å². The molecule has 16 heavy (non-hydrogen) atoms. The molecule has 0 heterocycles. The Hall–Kier alpha value is -1.43. The summed E-state index contributed by atoms with van der Waals surface area (Å²) in [4.78, 5) is 0. The van der Waals surface area contributed by atoms with Crippen LogP contribution in [0.4, 0.5) is 0 Å². The summed E-state index contributed by atoms with van der Waals surface area (Å²) in [5.74, 6) is -0.119. The van der Waals surface area contributed by atoms with E-state index in [9.17, 15) is 10.2 Å². The zero-order valence-electron chi connectivity index (χ0n) is 9.14. The molecular weight excluding hydrogens is 206 g/mol. The van der Waals surface area contributed by atoms with Crippen LogP contribution in [0.15, 0.2) is 24.3 Å². The number of hydrogen-bond donors (Lipinski definition) is 5. The van der Waals surface area contributed by atoms with Crippen molar-refractivity contribution in [3.63, 3.8) is 0 Å². The molecule has 0 aliphatic heterocycles. The van der Waals surface area contributed by atoms with Gasteiger partial charge in [-0.3, -0.25) is 5.41 Å². The largest absolute Gasteiger partial charge is 0.389 e. The van der Waals surface area contributed by atoms with E-state index in [1.807, 2.05) is 0 Å². The predicted molar refractivity (Wildman–Crippen MR) is 62.4 cm³/mol. The van der Waals surface area contributed by atoms with Gasteiger partial charge in [-0.05, 0) is 12.6 Å². The van der Waals surface area contributed by atoms with Gasteiger partial charge in [0.05, 0.1) is 6.10 Å². The van der Waals surface area contributed by atoms with Crippen LogP contribution in [0.3, 0.4) is 0 Å². The zero-order valence-corrected chi connectivity index (χ0v) is 9.14.